The number of nitrogens with one attached hydrogen (secondary N) is 1. The van der Waals surface area contributed by atoms with Crippen LogP contribution in [-0.4, -0.2) is 18.3 Å². The highest BCUT2D eigenvalue weighted by Gasteiger charge is 2.24. The molecule has 21 heavy (non-hydrogen) atoms. The third kappa shape index (κ3) is 4.06. The van der Waals surface area contributed by atoms with E-state index in [2.05, 4.69) is 5.32 Å². The molecule has 1 unspecified atom stereocenters. The van der Waals surface area contributed by atoms with Gasteiger partial charge in [-0.25, -0.2) is 0 Å². The first-order valence-electron chi connectivity index (χ1n) is 7.31. The third-order valence-electron chi connectivity index (χ3n) is 3.62. The summed E-state index contributed by atoms with van der Waals surface area (Å²) in [6.45, 7) is 5.46. The molecule has 0 fully saturated rings. The molecule has 0 aliphatic rings. The van der Waals surface area contributed by atoms with Crippen molar-refractivity contribution in [1.82, 2.24) is 5.32 Å². The van der Waals surface area contributed by atoms with Gasteiger partial charge in [-0.1, -0.05) is 49.4 Å². The molecular weight excluding hydrogens is 262 g/mol. The Morgan fingerprint density at radius 1 is 1.05 bits per heavy atom. The first-order chi connectivity index (χ1) is 10.2. The van der Waals surface area contributed by atoms with Gasteiger partial charge in [0.1, 0.15) is 12.4 Å². The number of benzene rings is 2. The number of hydrogen-bond donors (Lipinski definition) is 2. The molecule has 0 saturated carbocycles. The van der Waals surface area contributed by atoms with Crippen LogP contribution in [0.5, 0.6) is 5.75 Å². The molecule has 0 spiro atoms. The fourth-order valence-corrected chi connectivity index (χ4v) is 2.30. The van der Waals surface area contributed by atoms with E-state index in [1.165, 1.54) is 0 Å². The number of aliphatic hydroxyl groups is 1. The summed E-state index contributed by atoms with van der Waals surface area (Å²) < 4.78 is 5.77. The highest BCUT2D eigenvalue weighted by molar-refractivity contribution is 5.32. The minimum Gasteiger partial charge on any atom is -0.489 e. The fourth-order valence-electron chi connectivity index (χ4n) is 2.30. The lowest BCUT2D eigenvalue weighted by Gasteiger charge is -2.29. The van der Waals surface area contributed by atoms with E-state index in [1.54, 1.807) is 0 Å². The lowest BCUT2D eigenvalue weighted by Crippen LogP contribution is -2.42. The summed E-state index contributed by atoms with van der Waals surface area (Å²) in [7, 11) is 0. The van der Waals surface area contributed by atoms with E-state index in [0.29, 0.717) is 6.61 Å². The van der Waals surface area contributed by atoms with Gasteiger partial charge in [0, 0.05) is 0 Å². The Morgan fingerprint density at radius 2 is 1.71 bits per heavy atom. The molecule has 2 N–H and O–H groups in total. The zero-order valence-electron chi connectivity index (χ0n) is 12.7. The van der Waals surface area contributed by atoms with Crippen LogP contribution in [0.4, 0.5) is 0 Å². The molecule has 3 nitrogen and oxygen atoms in total. The van der Waals surface area contributed by atoms with Crippen molar-refractivity contribution in [2.45, 2.75) is 26.0 Å². The van der Waals surface area contributed by atoms with E-state index < -0.39 is 5.54 Å². The van der Waals surface area contributed by atoms with Gasteiger partial charge in [-0.2, -0.15) is 0 Å². The van der Waals surface area contributed by atoms with Crippen molar-refractivity contribution in [3.8, 4) is 5.75 Å². The van der Waals surface area contributed by atoms with Crippen molar-refractivity contribution in [3.63, 3.8) is 0 Å². The van der Waals surface area contributed by atoms with Crippen molar-refractivity contribution in [1.29, 1.82) is 0 Å². The van der Waals surface area contributed by atoms with E-state index in [9.17, 15) is 5.11 Å². The van der Waals surface area contributed by atoms with Gasteiger partial charge in [-0.15, -0.1) is 0 Å². The van der Waals surface area contributed by atoms with Gasteiger partial charge in [0.15, 0.2) is 0 Å². The summed E-state index contributed by atoms with van der Waals surface area (Å²) in [5, 5.41) is 12.9. The largest absolute Gasteiger partial charge is 0.489 e. The Kier molecular flexibility index (Phi) is 5.37. The summed E-state index contributed by atoms with van der Waals surface area (Å²) in [6.07, 6.45) is 0. The first-order valence-corrected chi connectivity index (χ1v) is 7.31. The van der Waals surface area contributed by atoms with Crippen LogP contribution >= 0.6 is 0 Å². The molecular formula is C18H23NO2. The fraction of sp³-hybridized carbons (Fsp3) is 0.333. The van der Waals surface area contributed by atoms with E-state index in [-0.39, 0.29) is 6.61 Å². The Balaban J connectivity index is 2.02. The Labute approximate surface area is 126 Å². The number of hydrogen-bond acceptors (Lipinski definition) is 3. The molecule has 0 aromatic heterocycles. The van der Waals surface area contributed by atoms with E-state index in [4.69, 9.17) is 4.74 Å². The summed E-state index contributed by atoms with van der Waals surface area (Å²) in [6, 6.07) is 18.0. The maximum Gasteiger partial charge on any atom is 0.119 e. The van der Waals surface area contributed by atoms with Gasteiger partial charge in [-0.3, -0.25) is 0 Å². The highest BCUT2D eigenvalue weighted by Crippen LogP contribution is 2.23. The normalized spacial score (nSPS) is 13.7. The van der Waals surface area contributed by atoms with Crippen LogP contribution in [0.1, 0.15) is 25.0 Å². The highest BCUT2D eigenvalue weighted by atomic mass is 16.5. The second kappa shape index (κ2) is 7.25. The number of rotatable bonds is 7. The van der Waals surface area contributed by atoms with Crippen molar-refractivity contribution in [3.05, 3.63) is 65.7 Å². The maximum absolute atomic E-state index is 9.60. The Morgan fingerprint density at radius 3 is 2.29 bits per heavy atom. The molecule has 112 valence electrons. The second-order valence-corrected chi connectivity index (χ2v) is 5.32. The van der Waals surface area contributed by atoms with Crippen LogP contribution < -0.4 is 10.1 Å². The van der Waals surface area contributed by atoms with Gasteiger partial charge in [0.05, 0.1) is 12.1 Å². The number of likely N-dealkylation sites (N-methyl/N-ethyl adjacent to an activating group) is 1. The molecule has 2 aromatic carbocycles. The standard InChI is InChI=1S/C18H23NO2/c1-3-19-18(2,14-20)16-9-11-17(12-10-16)21-13-15-7-5-4-6-8-15/h4-12,19-20H,3,13-14H2,1-2H3. The molecule has 0 aliphatic heterocycles. The summed E-state index contributed by atoms with van der Waals surface area (Å²) >= 11 is 0. The maximum atomic E-state index is 9.60. The molecule has 0 bridgehead atoms. The van der Waals surface area contributed by atoms with Gasteiger partial charge in [0.2, 0.25) is 0 Å². The number of ether oxygens (including phenoxy) is 1. The third-order valence-corrected chi connectivity index (χ3v) is 3.62. The molecule has 0 heterocycles. The predicted molar refractivity (Wildman–Crippen MR) is 85.3 cm³/mol. The monoisotopic (exact) mass is 285 g/mol. The topological polar surface area (TPSA) is 41.5 Å². The number of aliphatic hydroxyl groups excluding tert-OH is 1. The first kappa shape index (κ1) is 15.5. The lowest BCUT2D eigenvalue weighted by atomic mass is 9.93. The molecule has 1 atom stereocenters. The van der Waals surface area contributed by atoms with Gasteiger partial charge >= 0.3 is 0 Å². The van der Waals surface area contributed by atoms with Crippen molar-refractivity contribution < 1.29 is 9.84 Å². The summed E-state index contributed by atoms with van der Waals surface area (Å²) in [4.78, 5) is 0. The molecule has 2 rings (SSSR count). The molecule has 0 amide bonds. The summed E-state index contributed by atoms with van der Waals surface area (Å²) in [5.74, 6) is 0.833. The van der Waals surface area contributed by atoms with E-state index >= 15 is 0 Å². The zero-order valence-corrected chi connectivity index (χ0v) is 12.7. The molecule has 0 radical (unpaired) electrons. The predicted octanol–water partition coefficient (Wildman–Crippen LogP) is 3.08. The minimum absolute atomic E-state index is 0.0606. The van der Waals surface area contributed by atoms with Crippen molar-refractivity contribution in [2.75, 3.05) is 13.2 Å². The van der Waals surface area contributed by atoms with Crippen LogP contribution in [0.15, 0.2) is 54.6 Å². The second-order valence-electron chi connectivity index (χ2n) is 5.32. The average Bonchev–Trinajstić information content (AvgIpc) is 2.54. The van der Waals surface area contributed by atoms with Gasteiger partial charge < -0.3 is 15.2 Å². The Bertz CT molecular complexity index is 539. The van der Waals surface area contributed by atoms with Crippen molar-refractivity contribution in [2.24, 2.45) is 0 Å². The zero-order chi connectivity index (χ0) is 15.1. The van der Waals surface area contributed by atoms with Gasteiger partial charge in [0.25, 0.3) is 0 Å². The smallest absolute Gasteiger partial charge is 0.119 e. The SMILES string of the molecule is CCNC(C)(CO)c1ccc(OCc2ccccc2)cc1. The van der Waals surface area contributed by atoms with Crippen LogP contribution in [0.3, 0.4) is 0 Å². The van der Waals surface area contributed by atoms with Crippen molar-refractivity contribution >= 4 is 0 Å². The molecule has 3 heteroatoms. The molecule has 0 aliphatic carbocycles. The quantitative estimate of drug-likeness (QED) is 0.821. The van der Waals surface area contributed by atoms with Crippen LogP contribution in [0.2, 0.25) is 0 Å². The van der Waals surface area contributed by atoms with Gasteiger partial charge in [-0.05, 0) is 36.7 Å². The van der Waals surface area contributed by atoms with E-state index in [0.717, 1.165) is 23.4 Å². The van der Waals surface area contributed by atoms with Crippen LogP contribution in [-0.2, 0) is 12.1 Å². The molecule has 0 saturated heterocycles. The van der Waals surface area contributed by atoms with Crippen LogP contribution in [0, 0.1) is 0 Å². The van der Waals surface area contributed by atoms with E-state index in [1.807, 2.05) is 68.4 Å². The minimum atomic E-state index is -0.410. The lowest BCUT2D eigenvalue weighted by molar-refractivity contribution is 0.177. The molecule has 2 aromatic rings. The Hall–Kier alpha value is -1.84. The average molecular weight is 285 g/mol. The van der Waals surface area contributed by atoms with Crippen LogP contribution in [0.25, 0.3) is 0 Å². The summed E-state index contributed by atoms with van der Waals surface area (Å²) in [5.41, 5.74) is 1.79.